The fourth-order valence-electron chi connectivity index (χ4n) is 0.885. The first-order chi connectivity index (χ1) is 5.38. The summed E-state index contributed by atoms with van der Waals surface area (Å²) in [7, 11) is 0. The third-order valence-corrected chi connectivity index (χ3v) is 3.81. The summed E-state index contributed by atoms with van der Waals surface area (Å²) >= 11 is 8.60. The van der Waals surface area contributed by atoms with Crippen molar-refractivity contribution in [2.75, 3.05) is 0 Å². The molecule has 2 rings (SSSR count). The molecular weight excluding hydrogens is 192 g/mol. The van der Waals surface area contributed by atoms with Crippen molar-refractivity contribution < 1.29 is 0 Å². The minimum atomic E-state index is 0.970. The Morgan fingerprint density at radius 3 is 2.55 bits per heavy atom. The van der Waals surface area contributed by atoms with Crippen LogP contribution >= 0.6 is 35.3 Å². The lowest BCUT2D eigenvalue weighted by molar-refractivity contribution is 1.61. The SMILES string of the molecule is [S]c1ccsc1-c1cccs1. The summed E-state index contributed by atoms with van der Waals surface area (Å²) < 4.78 is 0. The van der Waals surface area contributed by atoms with Gasteiger partial charge in [0.05, 0.1) is 9.77 Å². The lowest BCUT2D eigenvalue weighted by Gasteiger charge is -1.89. The van der Waals surface area contributed by atoms with E-state index in [0.717, 1.165) is 4.90 Å². The molecule has 0 saturated carbocycles. The molecule has 0 fully saturated rings. The Kier molecular flexibility index (Phi) is 1.94. The van der Waals surface area contributed by atoms with Gasteiger partial charge in [0.15, 0.2) is 0 Å². The zero-order valence-electron chi connectivity index (χ0n) is 5.61. The third kappa shape index (κ3) is 1.31. The molecule has 0 aliphatic rings. The van der Waals surface area contributed by atoms with E-state index in [1.807, 2.05) is 11.4 Å². The van der Waals surface area contributed by atoms with Gasteiger partial charge in [-0.15, -0.1) is 22.7 Å². The van der Waals surface area contributed by atoms with Gasteiger partial charge in [-0.2, -0.15) is 0 Å². The Hall–Kier alpha value is -0.380. The molecule has 1 radical (unpaired) electrons. The first-order valence-corrected chi connectivity index (χ1v) is 5.33. The second kappa shape index (κ2) is 2.93. The summed E-state index contributed by atoms with van der Waals surface area (Å²) in [5.41, 5.74) is 0. The summed E-state index contributed by atoms with van der Waals surface area (Å²) in [5, 5.41) is 4.11. The van der Waals surface area contributed by atoms with Gasteiger partial charge >= 0.3 is 0 Å². The van der Waals surface area contributed by atoms with E-state index in [1.54, 1.807) is 22.7 Å². The van der Waals surface area contributed by atoms with Crippen LogP contribution in [0.2, 0.25) is 0 Å². The summed E-state index contributed by atoms with van der Waals surface area (Å²) in [5.74, 6) is 0. The normalized spacial score (nSPS) is 10.2. The lowest BCUT2D eigenvalue weighted by atomic mass is 10.4. The van der Waals surface area contributed by atoms with E-state index in [4.69, 9.17) is 12.6 Å². The molecule has 11 heavy (non-hydrogen) atoms. The molecule has 0 amide bonds. The van der Waals surface area contributed by atoms with Gasteiger partial charge in [-0.05, 0) is 22.9 Å². The van der Waals surface area contributed by atoms with E-state index in [1.165, 1.54) is 9.75 Å². The van der Waals surface area contributed by atoms with Crippen LogP contribution in [0.15, 0.2) is 33.9 Å². The Morgan fingerprint density at radius 2 is 2.00 bits per heavy atom. The van der Waals surface area contributed by atoms with Crippen LogP contribution in [-0.2, 0) is 0 Å². The predicted octanol–water partition coefficient (Wildman–Crippen LogP) is 4.03. The summed E-state index contributed by atoms with van der Waals surface area (Å²) in [6.07, 6.45) is 0. The molecule has 55 valence electrons. The topological polar surface area (TPSA) is 0 Å². The first-order valence-electron chi connectivity index (χ1n) is 3.16. The highest BCUT2D eigenvalue weighted by Gasteiger charge is 2.03. The van der Waals surface area contributed by atoms with Crippen molar-refractivity contribution in [1.29, 1.82) is 0 Å². The molecule has 0 aliphatic carbocycles. The highest BCUT2D eigenvalue weighted by molar-refractivity contribution is 7.80. The van der Waals surface area contributed by atoms with Crippen LogP contribution in [0.1, 0.15) is 0 Å². The molecule has 3 heteroatoms. The zero-order chi connectivity index (χ0) is 7.68. The number of thiophene rings is 2. The average molecular weight is 197 g/mol. The molecule has 0 bridgehead atoms. The highest BCUT2D eigenvalue weighted by atomic mass is 32.1. The van der Waals surface area contributed by atoms with Crippen molar-refractivity contribution in [3.8, 4) is 9.75 Å². The van der Waals surface area contributed by atoms with Crippen LogP contribution in [0.25, 0.3) is 9.75 Å². The maximum absolute atomic E-state index is 5.15. The van der Waals surface area contributed by atoms with E-state index in [0.29, 0.717) is 0 Å². The molecule has 2 heterocycles. The van der Waals surface area contributed by atoms with E-state index in [-0.39, 0.29) is 0 Å². The molecule has 2 aromatic heterocycles. The van der Waals surface area contributed by atoms with Crippen molar-refractivity contribution in [1.82, 2.24) is 0 Å². The monoisotopic (exact) mass is 197 g/mol. The fraction of sp³-hybridized carbons (Fsp3) is 0. The van der Waals surface area contributed by atoms with Gasteiger partial charge in [-0.25, -0.2) is 0 Å². The maximum Gasteiger partial charge on any atom is 0.0623 e. The molecule has 0 N–H and O–H groups in total. The minimum absolute atomic E-state index is 0.970. The molecule has 2 aromatic rings. The summed E-state index contributed by atoms with van der Waals surface area (Å²) in [6.45, 7) is 0. The molecule has 0 unspecified atom stereocenters. The smallest absolute Gasteiger partial charge is 0.0623 e. The van der Waals surface area contributed by atoms with Gasteiger partial charge in [0, 0.05) is 4.88 Å². The lowest BCUT2D eigenvalue weighted by Crippen LogP contribution is -1.61. The van der Waals surface area contributed by atoms with Crippen molar-refractivity contribution in [3.05, 3.63) is 29.0 Å². The Labute approximate surface area is 78.9 Å². The molecule has 0 atom stereocenters. The highest BCUT2D eigenvalue weighted by Crippen LogP contribution is 2.34. The summed E-state index contributed by atoms with van der Waals surface area (Å²) in [6, 6.07) is 6.13. The van der Waals surface area contributed by atoms with Crippen LogP contribution in [0.5, 0.6) is 0 Å². The Morgan fingerprint density at radius 1 is 1.09 bits per heavy atom. The Bertz CT molecular complexity index is 332. The predicted molar refractivity (Wildman–Crippen MR) is 53.5 cm³/mol. The number of rotatable bonds is 1. The van der Waals surface area contributed by atoms with Crippen LogP contribution in [0, 0.1) is 0 Å². The summed E-state index contributed by atoms with van der Waals surface area (Å²) in [4.78, 5) is 3.48. The van der Waals surface area contributed by atoms with E-state index >= 15 is 0 Å². The van der Waals surface area contributed by atoms with Crippen LogP contribution < -0.4 is 0 Å². The minimum Gasteiger partial charge on any atom is -0.143 e. The first kappa shape index (κ1) is 7.28. The fourth-order valence-corrected chi connectivity index (χ4v) is 3.03. The van der Waals surface area contributed by atoms with Crippen molar-refractivity contribution in [2.24, 2.45) is 0 Å². The number of hydrogen-bond donors (Lipinski definition) is 0. The van der Waals surface area contributed by atoms with Gasteiger partial charge < -0.3 is 0 Å². The van der Waals surface area contributed by atoms with Crippen molar-refractivity contribution in [2.45, 2.75) is 4.90 Å². The maximum atomic E-state index is 5.15. The van der Waals surface area contributed by atoms with E-state index < -0.39 is 0 Å². The molecular formula is C8H5S3. The van der Waals surface area contributed by atoms with Gasteiger partial charge in [0.25, 0.3) is 0 Å². The third-order valence-electron chi connectivity index (χ3n) is 1.37. The van der Waals surface area contributed by atoms with Crippen molar-refractivity contribution in [3.63, 3.8) is 0 Å². The van der Waals surface area contributed by atoms with Crippen LogP contribution in [0.3, 0.4) is 0 Å². The van der Waals surface area contributed by atoms with Crippen LogP contribution in [0.4, 0.5) is 0 Å². The Balaban J connectivity index is 2.53. The largest absolute Gasteiger partial charge is 0.143 e. The molecule has 0 spiro atoms. The van der Waals surface area contributed by atoms with Gasteiger partial charge in [-0.3, -0.25) is 0 Å². The van der Waals surface area contributed by atoms with Crippen molar-refractivity contribution >= 4 is 35.3 Å². The zero-order valence-corrected chi connectivity index (χ0v) is 8.06. The van der Waals surface area contributed by atoms with Gasteiger partial charge in [0.1, 0.15) is 0 Å². The number of hydrogen-bond acceptors (Lipinski definition) is 2. The average Bonchev–Trinajstić information content (AvgIpc) is 2.55. The molecule has 0 saturated heterocycles. The van der Waals surface area contributed by atoms with E-state index in [2.05, 4.69) is 17.5 Å². The quantitative estimate of drug-likeness (QED) is 0.647. The second-order valence-corrected chi connectivity index (χ2v) is 4.39. The van der Waals surface area contributed by atoms with Gasteiger partial charge in [0.2, 0.25) is 0 Å². The standard InChI is InChI=1S/C8H5S3/c9-6-3-5-11-8(6)7-2-1-4-10-7/h1-5H. The molecule has 0 aromatic carbocycles. The van der Waals surface area contributed by atoms with Gasteiger partial charge in [-0.1, -0.05) is 18.7 Å². The van der Waals surface area contributed by atoms with E-state index in [9.17, 15) is 0 Å². The molecule has 0 aliphatic heterocycles. The molecule has 0 nitrogen and oxygen atoms in total. The van der Waals surface area contributed by atoms with Crippen LogP contribution in [-0.4, -0.2) is 0 Å². The second-order valence-electron chi connectivity index (χ2n) is 2.09.